The average Bonchev–Trinajstić information content (AvgIpc) is 2.96. The Kier molecular flexibility index (Phi) is 4.85. The normalized spacial score (nSPS) is 20.9. The van der Waals surface area contributed by atoms with Crippen LogP contribution < -0.4 is 9.80 Å². The molecule has 1 atom stereocenters. The Hall–Kier alpha value is -2.80. The van der Waals surface area contributed by atoms with Crippen molar-refractivity contribution in [2.45, 2.75) is 33.2 Å². The van der Waals surface area contributed by atoms with Crippen molar-refractivity contribution >= 4 is 23.5 Å². The molecule has 0 radical (unpaired) electrons. The summed E-state index contributed by atoms with van der Waals surface area (Å²) in [6.07, 6.45) is 0.243. The predicted molar refractivity (Wildman–Crippen MR) is 107 cm³/mol. The van der Waals surface area contributed by atoms with Gasteiger partial charge in [0, 0.05) is 37.6 Å². The van der Waals surface area contributed by atoms with Crippen LogP contribution in [0.1, 0.15) is 23.4 Å². The molecule has 2 aliphatic rings. The van der Waals surface area contributed by atoms with Crippen molar-refractivity contribution in [2.24, 2.45) is 0 Å². The van der Waals surface area contributed by atoms with Crippen molar-refractivity contribution in [1.29, 1.82) is 0 Å². The van der Waals surface area contributed by atoms with Crippen molar-refractivity contribution < 1.29 is 9.59 Å². The number of anilines is 2. The van der Waals surface area contributed by atoms with Gasteiger partial charge in [-0.05, 0) is 39.0 Å². The number of nitrogens with zero attached hydrogens (tertiary/aromatic N) is 5. The van der Waals surface area contributed by atoms with E-state index in [2.05, 4.69) is 19.8 Å². The Morgan fingerprint density at radius 3 is 2.11 bits per heavy atom. The number of hydrogen-bond acceptors (Lipinski definition) is 6. The SMILES string of the molecule is Cc1ccc(N2C(=O)CC(N3CCN(c4nc(C)cc(C)n4)CC3)C2=O)cc1. The van der Waals surface area contributed by atoms with Crippen molar-refractivity contribution in [1.82, 2.24) is 14.9 Å². The molecule has 2 saturated heterocycles. The zero-order valence-electron chi connectivity index (χ0n) is 16.6. The molecule has 0 aliphatic carbocycles. The fourth-order valence-electron chi connectivity index (χ4n) is 3.95. The molecule has 146 valence electrons. The molecule has 4 rings (SSSR count). The van der Waals surface area contributed by atoms with Gasteiger partial charge in [0.05, 0.1) is 18.2 Å². The number of piperazine rings is 1. The third kappa shape index (κ3) is 3.49. The zero-order chi connectivity index (χ0) is 19.8. The fourth-order valence-corrected chi connectivity index (χ4v) is 3.95. The first-order chi connectivity index (χ1) is 13.4. The van der Waals surface area contributed by atoms with Gasteiger partial charge in [-0.2, -0.15) is 0 Å². The minimum Gasteiger partial charge on any atom is -0.338 e. The lowest BCUT2D eigenvalue weighted by molar-refractivity contribution is -0.123. The van der Waals surface area contributed by atoms with Crippen molar-refractivity contribution in [2.75, 3.05) is 36.0 Å². The Morgan fingerprint density at radius 2 is 1.50 bits per heavy atom. The minimum atomic E-state index is -0.379. The maximum Gasteiger partial charge on any atom is 0.251 e. The summed E-state index contributed by atoms with van der Waals surface area (Å²) >= 11 is 0. The smallest absolute Gasteiger partial charge is 0.251 e. The van der Waals surface area contributed by atoms with Crippen LogP contribution in [0, 0.1) is 20.8 Å². The van der Waals surface area contributed by atoms with Crippen LogP contribution >= 0.6 is 0 Å². The predicted octanol–water partition coefficient (Wildman–Crippen LogP) is 1.86. The second-order valence-corrected chi connectivity index (χ2v) is 7.60. The molecule has 0 N–H and O–H groups in total. The number of benzene rings is 1. The van der Waals surface area contributed by atoms with Gasteiger partial charge in [0.25, 0.3) is 5.91 Å². The first kappa shape index (κ1) is 18.6. The quantitative estimate of drug-likeness (QED) is 0.758. The second-order valence-electron chi connectivity index (χ2n) is 7.60. The summed E-state index contributed by atoms with van der Waals surface area (Å²) < 4.78 is 0. The van der Waals surface area contributed by atoms with E-state index in [0.717, 1.165) is 36.0 Å². The van der Waals surface area contributed by atoms with E-state index in [4.69, 9.17) is 0 Å². The summed E-state index contributed by atoms with van der Waals surface area (Å²) in [5.74, 6) is 0.496. The molecular weight excluding hydrogens is 354 g/mol. The molecule has 1 aromatic carbocycles. The van der Waals surface area contributed by atoms with Crippen molar-refractivity contribution in [3.8, 4) is 0 Å². The topological polar surface area (TPSA) is 69.6 Å². The molecule has 2 fully saturated rings. The van der Waals surface area contributed by atoms with Gasteiger partial charge in [-0.1, -0.05) is 17.7 Å². The molecule has 0 bridgehead atoms. The van der Waals surface area contributed by atoms with Crippen molar-refractivity contribution in [3.05, 3.63) is 47.3 Å². The number of amides is 2. The highest BCUT2D eigenvalue weighted by Crippen LogP contribution is 2.27. The first-order valence-electron chi connectivity index (χ1n) is 9.67. The van der Waals surface area contributed by atoms with Crippen LogP contribution in [0.15, 0.2) is 30.3 Å². The largest absolute Gasteiger partial charge is 0.338 e. The van der Waals surface area contributed by atoms with Gasteiger partial charge >= 0.3 is 0 Å². The average molecular weight is 379 g/mol. The molecule has 0 spiro atoms. The standard InChI is InChI=1S/C21H25N5O2/c1-14-4-6-17(7-5-14)26-19(27)13-18(20(26)28)24-8-10-25(11-9-24)21-22-15(2)12-16(3)23-21/h4-7,12,18H,8-11,13H2,1-3H3. The maximum absolute atomic E-state index is 13.0. The van der Waals surface area contributed by atoms with Crippen LogP contribution in [0.3, 0.4) is 0 Å². The number of carbonyl (C=O) groups excluding carboxylic acids is 2. The molecule has 7 nitrogen and oxygen atoms in total. The van der Waals surface area contributed by atoms with Crippen LogP contribution in [-0.4, -0.2) is 58.9 Å². The minimum absolute atomic E-state index is 0.120. The molecule has 2 aromatic rings. The van der Waals surface area contributed by atoms with Gasteiger partial charge in [0.15, 0.2) is 0 Å². The highest BCUT2D eigenvalue weighted by atomic mass is 16.2. The number of imide groups is 1. The molecule has 2 aliphatic heterocycles. The summed E-state index contributed by atoms with van der Waals surface area (Å²) in [6.45, 7) is 8.83. The lowest BCUT2D eigenvalue weighted by atomic mass is 10.1. The van der Waals surface area contributed by atoms with E-state index in [1.165, 1.54) is 4.90 Å². The third-order valence-electron chi connectivity index (χ3n) is 5.42. The first-order valence-corrected chi connectivity index (χ1v) is 9.67. The molecule has 0 saturated carbocycles. The van der Waals surface area contributed by atoms with E-state index in [-0.39, 0.29) is 24.3 Å². The Morgan fingerprint density at radius 1 is 0.893 bits per heavy atom. The Bertz CT molecular complexity index is 883. The van der Waals surface area contributed by atoms with E-state index >= 15 is 0 Å². The highest BCUT2D eigenvalue weighted by molar-refractivity contribution is 6.22. The van der Waals surface area contributed by atoms with Crippen LogP contribution in [0.5, 0.6) is 0 Å². The summed E-state index contributed by atoms with van der Waals surface area (Å²) in [6, 6.07) is 9.10. The van der Waals surface area contributed by atoms with Gasteiger partial charge in [-0.3, -0.25) is 14.5 Å². The van der Waals surface area contributed by atoms with Gasteiger partial charge < -0.3 is 4.90 Å². The van der Waals surface area contributed by atoms with Gasteiger partial charge in [0.1, 0.15) is 0 Å². The number of hydrogen-bond donors (Lipinski definition) is 0. The number of carbonyl (C=O) groups is 2. The van der Waals surface area contributed by atoms with Crippen LogP contribution in [-0.2, 0) is 9.59 Å². The molecule has 3 heterocycles. The molecule has 7 heteroatoms. The number of aromatic nitrogens is 2. The molecule has 1 aromatic heterocycles. The summed E-state index contributed by atoms with van der Waals surface area (Å²) in [7, 11) is 0. The number of rotatable bonds is 3. The van der Waals surface area contributed by atoms with Gasteiger partial charge in [-0.25, -0.2) is 14.9 Å². The Labute approximate surface area is 165 Å². The van der Waals surface area contributed by atoms with Crippen LogP contribution in [0.2, 0.25) is 0 Å². The summed E-state index contributed by atoms with van der Waals surface area (Å²) in [4.78, 5) is 40.2. The van der Waals surface area contributed by atoms with Crippen molar-refractivity contribution in [3.63, 3.8) is 0 Å². The van der Waals surface area contributed by atoms with Gasteiger partial charge in [-0.15, -0.1) is 0 Å². The lowest BCUT2D eigenvalue weighted by Crippen LogP contribution is -2.53. The summed E-state index contributed by atoms with van der Waals surface area (Å²) in [5, 5.41) is 0. The van der Waals surface area contributed by atoms with Crippen LogP contribution in [0.4, 0.5) is 11.6 Å². The summed E-state index contributed by atoms with van der Waals surface area (Å²) in [5.41, 5.74) is 3.67. The number of aryl methyl sites for hydroxylation is 3. The van der Waals surface area contributed by atoms with E-state index in [9.17, 15) is 9.59 Å². The molecular formula is C21H25N5O2. The maximum atomic E-state index is 13.0. The molecule has 2 amide bonds. The molecule has 28 heavy (non-hydrogen) atoms. The Balaban J connectivity index is 1.44. The third-order valence-corrected chi connectivity index (χ3v) is 5.42. The van der Waals surface area contributed by atoms with Gasteiger partial charge in [0.2, 0.25) is 11.9 Å². The monoisotopic (exact) mass is 379 g/mol. The fraction of sp³-hybridized carbons (Fsp3) is 0.429. The lowest BCUT2D eigenvalue weighted by Gasteiger charge is -2.37. The van der Waals surface area contributed by atoms with E-state index in [1.807, 2.05) is 51.1 Å². The second kappa shape index (κ2) is 7.31. The van der Waals surface area contributed by atoms with E-state index in [0.29, 0.717) is 18.8 Å². The van der Waals surface area contributed by atoms with E-state index in [1.54, 1.807) is 0 Å². The molecule has 1 unspecified atom stereocenters. The van der Waals surface area contributed by atoms with Crippen LogP contribution in [0.25, 0.3) is 0 Å². The highest BCUT2D eigenvalue weighted by Gasteiger charge is 2.43. The van der Waals surface area contributed by atoms with E-state index < -0.39 is 0 Å². The zero-order valence-corrected chi connectivity index (χ0v) is 16.6.